The van der Waals surface area contributed by atoms with Crippen molar-refractivity contribution in [1.82, 2.24) is 4.90 Å². The summed E-state index contributed by atoms with van der Waals surface area (Å²) in [5.74, 6) is -0.783. The number of hydrogen-bond donors (Lipinski definition) is 1. The van der Waals surface area contributed by atoms with Crippen LogP contribution in [-0.2, 0) is 17.8 Å². The summed E-state index contributed by atoms with van der Waals surface area (Å²) >= 11 is 0. The van der Waals surface area contributed by atoms with Crippen molar-refractivity contribution in [2.75, 3.05) is 7.05 Å². The molecule has 0 aliphatic rings. The van der Waals surface area contributed by atoms with Gasteiger partial charge in [-0.15, -0.1) is 0 Å². The first-order chi connectivity index (χ1) is 7.54. The van der Waals surface area contributed by atoms with Gasteiger partial charge in [-0.25, -0.2) is 0 Å². The van der Waals surface area contributed by atoms with Crippen LogP contribution in [0.15, 0.2) is 24.3 Å². The van der Waals surface area contributed by atoms with E-state index in [9.17, 15) is 4.79 Å². The molecule has 0 amide bonds. The number of aliphatic carboxylic acids is 1. The molecule has 0 heterocycles. The topological polar surface area (TPSA) is 40.5 Å². The van der Waals surface area contributed by atoms with Crippen molar-refractivity contribution in [1.29, 1.82) is 0 Å². The van der Waals surface area contributed by atoms with E-state index in [0.29, 0.717) is 6.54 Å². The molecular weight excluding hydrogens is 202 g/mol. The van der Waals surface area contributed by atoms with E-state index < -0.39 is 12.0 Å². The van der Waals surface area contributed by atoms with E-state index in [-0.39, 0.29) is 0 Å². The Morgan fingerprint density at radius 3 is 2.62 bits per heavy atom. The fraction of sp³-hybridized carbons (Fsp3) is 0.462. The standard InChI is InChI=1S/C13H19NO2/c1-4-11-6-5-7-12(8-11)9-14(3)10(2)13(15)16/h5-8,10H,4,9H2,1-3H3,(H,15,16). The molecular formula is C13H19NO2. The average Bonchev–Trinajstić information content (AvgIpc) is 2.28. The van der Waals surface area contributed by atoms with E-state index in [1.165, 1.54) is 5.56 Å². The molecule has 0 saturated carbocycles. The van der Waals surface area contributed by atoms with E-state index in [4.69, 9.17) is 5.11 Å². The second kappa shape index (κ2) is 5.66. The Kier molecular flexibility index (Phi) is 4.50. The molecule has 3 nitrogen and oxygen atoms in total. The smallest absolute Gasteiger partial charge is 0.320 e. The molecule has 0 saturated heterocycles. The Labute approximate surface area is 96.7 Å². The number of hydrogen-bond acceptors (Lipinski definition) is 2. The number of likely N-dealkylation sites (N-methyl/N-ethyl adjacent to an activating group) is 1. The molecule has 1 N–H and O–H groups in total. The van der Waals surface area contributed by atoms with Crippen LogP contribution in [-0.4, -0.2) is 29.1 Å². The van der Waals surface area contributed by atoms with Crippen LogP contribution in [0.2, 0.25) is 0 Å². The lowest BCUT2D eigenvalue weighted by molar-refractivity contribution is -0.142. The number of rotatable bonds is 5. The Morgan fingerprint density at radius 1 is 1.44 bits per heavy atom. The molecule has 0 aromatic heterocycles. The van der Waals surface area contributed by atoms with Gasteiger partial charge in [0.1, 0.15) is 6.04 Å². The van der Waals surface area contributed by atoms with Crippen LogP contribution in [0.1, 0.15) is 25.0 Å². The van der Waals surface area contributed by atoms with Crippen molar-refractivity contribution in [2.24, 2.45) is 0 Å². The third kappa shape index (κ3) is 3.35. The fourth-order valence-corrected chi connectivity index (χ4v) is 1.56. The third-order valence-corrected chi connectivity index (χ3v) is 2.85. The van der Waals surface area contributed by atoms with Crippen LogP contribution in [0, 0.1) is 0 Å². The normalized spacial score (nSPS) is 12.8. The average molecular weight is 221 g/mol. The molecule has 1 atom stereocenters. The van der Waals surface area contributed by atoms with E-state index in [0.717, 1.165) is 12.0 Å². The summed E-state index contributed by atoms with van der Waals surface area (Å²) in [5, 5.41) is 8.89. The molecule has 16 heavy (non-hydrogen) atoms. The van der Waals surface area contributed by atoms with Crippen LogP contribution in [0.25, 0.3) is 0 Å². The zero-order chi connectivity index (χ0) is 12.1. The molecule has 3 heteroatoms. The van der Waals surface area contributed by atoms with Crippen LogP contribution < -0.4 is 0 Å². The molecule has 1 unspecified atom stereocenters. The van der Waals surface area contributed by atoms with E-state index in [1.54, 1.807) is 6.92 Å². The molecule has 0 aliphatic carbocycles. The van der Waals surface area contributed by atoms with Gasteiger partial charge in [0, 0.05) is 6.54 Å². The second-order valence-corrected chi connectivity index (χ2v) is 4.10. The summed E-state index contributed by atoms with van der Waals surface area (Å²) < 4.78 is 0. The van der Waals surface area contributed by atoms with Gasteiger partial charge in [0.15, 0.2) is 0 Å². The minimum absolute atomic E-state index is 0.453. The quantitative estimate of drug-likeness (QED) is 0.828. The van der Waals surface area contributed by atoms with Gasteiger partial charge in [-0.05, 0) is 31.5 Å². The maximum Gasteiger partial charge on any atom is 0.320 e. The first-order valence-corrected chi connectivity index (χ1v) is 5.55. The number of carbonyl (C=O) groups is 1. The maximum atomic E-state index is 10.8. The fourth-order valence-electron chi connectivity index (χ4n) is 1.56. The van der Waals surface area contributed by atoms with Crippen LogP contribution in [0.3, 0.4) is 0 Å². The monoisotopic (exact) mass is 221 g/mol. The van der Waals surface area contributed by atoms with Gasteiger partial charge in [-0.1, -0.05) is 31.2 Å². The highest BCUT2D eigenvalue weighted by Gasteiger charge is 2.16. The maximum absolute atomic E-state index is 10.8. The van der Waals surface area contributed by atoms with Crippen molar-refractivity contribution in [3.8, 4) is 0 Å². The molecule has 0 radical (unpaired) electrons. The van der Waals surface area contributed by atoms with Crippen LogP contribution >= 0.6 is 0 Å². The van der Waals surface area contributed by atoms with Gasteiger partial charge < -0.3 is 5.11 Å². The van der Waals surface area contributed by atoms with Crippen molar-refractivity contribution < 1.29 is 9.90 Å². The molecule has 0 fully saturated rings. The Balaban J connectivity index is 2.68. The lowest BCUT2D eigenvalue weighted by Gasteiger charge is -2.21. The molecule has 1 aromatic carbocycles. The summed E-state index contributed by atoms with van der Waals surface area (Å²) in [4.78, 5) is 12.6. The first kappa shape index (κ1) is 12.7. The van der Waals surface area contributed by atoms with Gasteiger partial charge in [0.05, 0.1) is 0 Å². The highest BCUT2D eigenvalue weighted by atomic mass is 16.4. The molecule has 1 aromatic rings. The van der Waals surface area contributed by atoms with Gasteiger partial charge in [0.2, 0.25) is 0 Å². The van der Waals surface area contributed by atoms with E-state index in [2.05, 4.69) is 19.1 Å². The minimum Gasteiger partial charge on any atom is -0.480 e. The third-order valence-electron chi connectivity index (χ3n) is 2.85. The largest absolute Gasteiger partial charge is 0.480 e. The number of benzene rings is 1. The van der Waals surface area contributed by atoms with Crippen molar-refractivity contribution in [3.63, 3.8) is 0 Å². The Morgan fingerprint density at radius 2 is 2.06 bits per heavy atom. The number of carboxylic acid groups (broad SMARTS) is 1. The molecule has 1 rings (SSSR count). The first-order valence-electron chi connectivity index (χ1n) is 5.55. The SMILES string of the molecule is CCc1cccc(CN(C)C(C)C(=O)O)c1. The van der Waals surface area contributed by atoms with Gasteiger partial charge in [-0.3, -0.25) is 9.69 Å². The number of nitrogens with zero attached hydrogens (tertiary/aromatic N) is 1. The van der Waals surface area contributed by atoms with Crippen molar-refractivity contribution in [3.05, 3.63) is 35.4 Å². The summed E-state index contributed by atoms with van der Waals surface area (Å²) in [6.45, 7) is 4.48. The number of aryl methyl sites for hydroxylation is 1. The molecule has 0 aliphatic heterocycles. The van der Waals surface area contributed by atoms with Gasteiger partial charge in [-0.2, -0.15) is 0 Å². The molecule has 0 spiro atoms. The lowest BCUT2D eigenvalue weighted by Crippen LogP contribution is -2.35. The highest BCUT2D eigenvalue weighted by molar-refractivity contribution is 5.72. The minimum atomic E-state index is -0.783. The van der Waals surface area contributed by atoms with Crippen LogP contribution in [0.4, 0.5) is 0 Å². The zero-order valence-corrected chi connectivity index (χ0v) is 10.1. The van der Waals surface area contributed by atoms with E-state index in [1.807, 2.05) is 24.1 Å². The summed E-state index contributed by atoms with van der Waals surface area (Å²) in [6.07, 6.45) is 1.01. The predicted octanol–water partition coefficient (Wildman–Crippen LogP) is 2.15. The van der Waals surface area contributed by atoms with Gasteiger partial charge in [0.25, 0.3) is 0 Å². The molecule has 0 bridgehead atoms. The zero-order valence-electron chi connectivity index (χ0n) is 10.1. The summed E-state index contributed by atoms with van der Waals surface area (Å²) in [6, 6.07) is 7.82. The molecule has 88 valence electrons. The van der Waals surface area contributed by atoms with Crippen molar-refractivity contribution >= 4 is 5.97 Å². The summed E-state index contributed by atoms with van der Waals surface area (Å²) in [5.41, 5.74) is 2.45. The van der Waals surface area contributed by atoms with Crippen LogP contribution in [0.5, 0.6) is 0 Å². The van der Waals surface area contributed by atoms with Gasteiger partial charge >= 0.3 is 5.97 Å². The Hall–Kier alpha value is -1.35. The second-order valence-electron chi connectivity index (χ2n) is 4.10. The number of carboxylic acids is 1. The Bertz CT molecular complexity index is 363. The lowest BCUT2D eigenvalue weighted by atomic mass is 10.1. The van der Waals surface area contributed by atoms with Crippen molar-refractivity contribution in [2.45, 2.75) is 32.9 Å². The highest BCUT2D eigenvalue weighted by Crippen LogP contribution is 2.09. The predicted molar refractivity (Wildman–Crippen MR) is 64.4 cm³/mol. The summed E-state index contributed by atoms with van der Waals surface area (Å²) in [7, 11) is 1.83. The van der Waals surface area contributed by atoms with E-state index >= 15 is 0 Å².